The van der Waals surface area contributed by atoms with Crippen LogP contribution in [0.2, 0.25) is 0 Å². The molecule has 1 aliphatic rings. The van der Waals surface area contributed by atoms with Crippen molar-refractivity contribution in [2.75, 3.05) is 26.2 Å². The third-order valence-corrected chi connectivity index (χ3v) is 4.25. The highest BCUT2D eigenvalue weighted by molar-refractivity contribution is 5.22. The van der Waals surface area contributed by atoms with Crippen molar-refractivity contribution in [3.05, 3.63) is 35.4 Å². The van der Waals surface area contributed by atoms with Crippen LogP contribution in [-0.2, 0) is 13.0 Å². The molecule has 1 aliphatic heterocycles. The molecule has 0 aliphatic carbocycles. The molecule has 1 atom stereocenters. The quantitative estimate of drug-likeness (QED) is 0.820. The van der Waals surface area contributed by atoms with Gasteiger partial charge in [-0.2, -0.15) is 0 Å². The van der Waals surface area contributed by atoms with Gasteiger partial charge in [0.05, 0.1) is 0 Å². The first kappa shape index (κ1) is 15.5. The van der Waals surface area contributed by atoms with Gasteiger partial charge in [-0.15, -0.1) is 0 Å². The lowest BCUT2D eigenvalue weighted by Gasteiger charge is -2.14. The molecule has 2 heteroatoms. The van der Waals surface area contributed by atoms with Crippen LogP contribution >= 0.6 is 0 Å². The Balaban J connectivity index is 1.69. The van der Waals surface area contributed by atoms with Gasteiger partial charge in [0.1, 0.15) is 0 Å². The SMILES string of the molecule is CCN1CCC(CNCc2ccc(CC(C)C)cc2)C1. The monoisotopic (exact) mass is 274 g/mol. The summed E-state index contributed by atoms with van der Waals surface area (Å²) in [6, 6.07) is 9.12. The zero-order valence-corrected chi connectivity index (χ0v) is 13.4. The number of nitrogens with zero attached hydrogens (tertiary/aromatic N) is 1. The Morgan fingerprint density at radius 1 is 1.20 bits per heavy atom. The van der Waals surface area contributed by atoms with Crippen LogP contribution in [0.3, 0.4) is 0 Å². The van der Waals surface area contributed by atoms with Crippen molar-refractivity contribution in [3.63, 3.8) is 0 Å². The van der Waals surface area contributed by atoms with E-state index in [9.17, 15) is 0 Å². The lowest BCUT2D eigenvalue weighted by molar-refractivity contribution is 0.339. The number of likely N-dealkylation sites (tertiary alicyclic amines) is 1. The zero-order valence-electron chi connectivity index (χ0n) is 13.4. The Morgan fingerprint density at radius 2 is 1.90 bits per heavy atom. The molecule has 0 aromatic heterocycles. The van der Waals surface area contributed by atoms with Crippen molar-refractivity contribution in [1.29, 1.82) is 0 Å². The number of hydrogen-bond donors (Lipinski definition) is 1. The summed E-state index contributed by atoms with van der Waals surface area (Å²) in [6.07, 6.45) is 2.54. The second-order valence-corrected chi connectivity index (χ2v) is 6.59. The van der Waals surface area contributed by atoms with Crippen LogP contribution in [-0.4, -0.2) is 31.1 Å². The van der Waals surface area contributed by atoms with E-state index in [0.717, 1.165) is 24.9 Å². The van der Waals surface area contributed by atoms with E-state index < -0.39 is 0 Å². The van der Waals surface area contributed by atoms with E-state index in [2.05, 4.69) is 55.3 Å². The van der Waals surface area contributed by atoms with Crippen LogP contribution in [0.1, 0.15) is 38.3 Å². The average Bonchev–Trinajstić information content (AvgIpc) is 2.88. The van der Waals surface area contributed by atoms with Crippen molar-refractivity contribution in [2.45, 2.75) is 40.2 Å². The Kier molecular flexibility index (Phi) is 6.06. The molecule has 112 valence electrons. The van der Waals surface area contributed by atoms with Gasteiger partial charge >= 0.3 is 0 Å². The molecule has 0 amide bonds. The minimum atomic E-state index is 0.739. The summed E-state index contributed by atoms with van der Waals surface area (Å²) < 4.78 is 0. The van der Waals surface area contributed by atoms with Gasteiger partial charge in [0.25, 0.3) is 0 Å². The standard InChI is InChI=1S/C18H30N2/c1-4-20-10-9-18(14-20)13-19-12-17-7-5-16(6-8-17)11-15(2)3/h5-8,15,18-19H,4,9-14H2,1-3H3. The Bertz CT molecular complexity index is 383. The van der Waals surface area contributed by atoms with Crippen LogP contribution in [0.5, 0.6) is 0 Å². The fraction of sp³-hybridized carbons (Fsp3) is 0.667. The molecule has 1 saturated heterocycles. The highest BCUT2D eigenvalue weighted by Gasteiger charge is 2.20. The second-order valence-electron chi connectivity index (χ2n) is 6.59. The molecule has 0 spiro atoms. The topological polar surface area (TPSA) is 15.3 Å². The van der Waals surface area contributed by atoms with Gasteiger partial charge in [-0.25, -0.2) is 0 Å². The van der Waals surface area contributed by atoms with E-state index in [1.54, 1.807) is 0 Å². The van der Waals surface area contributed by atoms with Crippen molar-refractivity contribution >= 4 is 0 Å². The van der Waals surface area contributed by atoms with Crippen molar-refractivity contribution in [2.24, 2.45) is 11.8 Å². The van der Waals surface area contributed by atoms with Gasteiger partial charge in [-0.05, 0) is 55.4 Å². The van der Waals surface area contributed by atoms with Gasteiger partial charge in [0.2, 0.25) is 0 Å². The van der Waals surface area contributed by atoms with Gasteiger partial charge in [0, 0.05) is 13.1 Å². The Morgan fingerprint density at radius 3 is 2.50 bits per heavy atom. The molecular weight excluding hydrogens is 244 g/mol. The fourth-order valence-electron chi connectivity index (χ4n) is 3.05. The molecule has 1 aromatic carbocycles. The minimum absolute atomic E-state index is 0.739. The molecular formula is C18H30N2. The molecule has 1 fully saturated rings. The summed E-state index contributed by atoms with van der Waals surface area (Å²) in [5.41, 5.74) is 2.86. The predicted octanol–water partition coefficient (Wildman–Crippen LogP) is 3.32. The maximum atomic E-state index is 3.62. The molecule has 2 nitrogen and oxygen atoms in total. The summed E-state index contributed by atoms with van der Waals surface area (Å²) in [5, 5.41) is 3.62. The van der Waals surface area contributed by atoms with E-state index >= 15 is 0 Å². The maximum absolute atomic E-state index is 3.62. The first-order valence-corrected chi connectivity index (χ1v) is 8.18. The largest absolute Gasteiger partial charge is 0.312 e. The third-order valence-electron chi connectivity index (χ3n) is 4.25. The van der Waals surface area contributed by atoms with Crippen molar-refractivity contribution < 1.29 is 0 Å². The van der Waals surface area contributed by atoms with Gasteiger partial charge < -0.3 is 10.2 Å². The summed E-state index contributed by atoms with van der Waals surface area (Å²) in [7, 11) is 0. The maximum Gasteiger partial charge on any atom is 0.0205 e. The minimum Gasteiger partial charge on any atom is -0.312 e. The second kappa shape index (κ2) is 7.80. The van der Waals surface area contributed by atoms with E-state index in [-0.39, 0.29) is 0 Å². The number of benzene rings is 1. The smallest absolute Gasteiger partial charge is 0.0205 e. The van der Waals surface area contributed by atoms with Gasteiger partial charge in [0.15, 0.2) is 0 Å². The number of nitrogens with one attached hydrogen (secondary N) is 1. The molecule has 1 N–H and O–H groups in total. The Hall–Kier alpha value is -0.860. The molecule has 0 saturated carbocycles. The molecule has 1 heterocycles. The molecule has 0 radical (unpaired) electrons. The predicted molar refractivity (Wildman–Crippen MR) is 86.9 cm³/mol. The highest BCUT2D eigenvalue weighted by atomic mass is 15.1. The van der Waals surface area contributed by atoms with Crippen LogP contribution in [0, 0.1) is 11.8 Å². The van der Waals surface area contributed by atoms with E-state index in [1.165, 1.54) is 43.6 Å². The van der Waals surface area contributed by atoms with E-state index in [4.69, 9.17) is 0 Å². The number of hydrogen-bond acceptors (Lipinski definition) is 2. The molecule has 1 unspecified atom stereocenters. The first-order chi connectivity index (χ1) is 9.67. The van der Waals surface area contributed by atoms with Gasteiger partial charge in [-0.3, -0.25) is 0 Å². The summed E-state index contributed by atoms with van der Waals surface area (Å²) in [6.45, 7) is 12.7. The van der Waals surface area contributed by atoms with Crippen molar-refractivity contribution in [1.82, 2.24) is 10.2 Å². The summed E-state index contributed by atoms with van der Waals surface area (Å²) in [4.78, 5) is 2.55. The molecule has 0 bridgehead atoms. The molecule has 1 aromatic rings. The highest BCUT2D eigenvalue weighted by Crippen LogP contribution is 2.15. The summed E-state index contributed by atoms with van der Waals surface area (Å²) >= 11 is 0. The van der Waals surface area contributed by atoms with Crippen molar-refractivity contribution in [3.8, 4) is 0 Å². The third kappa shape index (κ3) is 4.92. The fourth-order valence-corrected chi connectivity index (χ4v) is 3.05. The Labute approximate surface area is 124 Å². The number of rotatable bonds is 7. The normalized spacial score (nSPS) is 19.9. The van der Waals surface area contributed by atoms with Crippen LogP contribution in [0.4, 0.5) is 0 Å². The van der Waals surface area contributed by atoms with Gasteiger partial charge in [-0.1, -0.05) is 45.0 Å². The molecule has 2 rings (SSSR count). The van der Waals surface area contributed by atoms with Crippen LogP contribution < -0.4 is 5.32 Å². The zero-order chi connectivity index (χ0) is 14.4. The van der Waals surface area contributed by atoms with E-state index in [0.29, 0.717) is 0 Å². The van der Waals surface area contributed by atoms with E-state index in [1.807, 2.05) is 0 Å². The first-order valence-electron chi connectivity index (χ1n) is 8.18. The van der Waals surface area contributed by atoms with Crippen LogP contribution in [0.25, 0.3) is 0 Å². The lowest BCUT2D eigenvalue weighted by Crippen LogP contribution is -2.26. The average molecular weight is 274 g/mol. The summed E-state index contributed by atoms with van der Waals surface area (Å²) in [5.74, 6) is 1.58. The lowest BCUT2D eigenvalue weighted by atomic mass is 10.0. The molecule has 20 heavy (non-hydrogen) atoms. The van der Waals surface area contributed by atoms with Crippen LogP contribution in [0.15, 0.2) is 24.3 Å².